The van der Waals surface area contributed by atoms with Gasteiger partial charge in [0.15, 0.2) is 6.61 Å². The number of urea groups is 1. The highest BCUT2D eigenvalue weighted by Gasteiger charge is 2.32. The SMILES string of the molecule is C[C@@H]1CN(C(=O)COc2ccc(Cl)cc2CNC(N)=O)[C@@H](C)CN1Cc1ccc(F)cc1. The van der Waals surface area contributed by atoms with Crippen molar-refractivity contribution < 1.29 is 18.7 Å². The van der Waals surface area contributed by atoms with Crippen LogP contribution in [-0.2, 0) is 17.9 Å². The third-order valence-electron chi connectivity index (χ3n) is 5.56. The number of ether oxygens (including phenoxy) is 1. The number of carbonyl (C=O) groups excluding carboxylic acids is 2. The van der Waals surface area contributed by atoms with Crippen LogP contribution in [0.3, 0.4) is 0 Å². The zero-order chi connectivity index (χ0) is 23.3. The minimum absolute atomic E-state index is 0.00367. The van der Waals surface area contributed by atoms with E-state index in [1.165, 1.54) is 12.1 Å². The molecular formula is C23H28ClFN4O3. The molecule has 3 N–H and O–H groups in total. The number of primary amides is 1. The van der Waals surface area contributed by atoms with Gasteiger partial charge < -0.3 is 20.7 Å². The Morgan fingerprint density at radius 2 is 1.88 bits per heavy atom. The van der Waals surface area contributed by atoms with Crippen molar-refractivity contribution in [3.05, 3.63) is 64.4 Å². The first-order valence-electron chi connectivity index (χ1n) is 10.5. The minimum atomic E-state index is -0.659. The molecule has 2 aromatic carbocycles. The molecule has 3 amide bonds. The van der Waals surface area contributed by atoms with Gasteiger partial charge in [0.25, 0.3) is 5.91 Å². The van der Waals surface area contributed by atoms with Gasteiger partial charge >= 0.3 is 6.03 Å². The van der Waals surface area contributed by atoms with Gasteiger partial charge in [-0.2, -0.15) is 0 Å². The van der Waals surface area contributed by atoms with E-state index in [1.807, 2.05) is 11.8 Å². The molecule has 7 nitrogen and oxygen atoms in total. The predicted octanol–water partition coefficient (Wildman–Crippen LogP) is 3.15. The molecule has 1 saturated heterocycles. The zero-order valence-electron chi connectivity index (χ0n) is 18.2. The Morgan fingerprint density at radius 3 is 2.56 bits per heavy atom. The fourth-order valence-electron chi connectivity index (χ4n) is 3.82. The van der Waals surface area contributed by atoms with Gasteiger partial charge in [0.2, 0.25) is 0 Å². The number of nitrogens with zero attached hydrogens (tertiary/aromatic N) is 2. The summed E-state index contributed by atoms with van der Waals surface area (Å²) in [5.74, 6) is 0.0986. The summed E-state index contributed by atoms with van der Waals surface area (Å²) in [4.78, 5) is 28.0. The van der Waals surface area contributed by atoms with Crippen LogP contribution in [0.2, 0.25) is 5.02 Å². The number of nitrogens with one attached hydrogen (secondary N) is 1. The molecule has 1 aliphatic heterocycles. The molecule has 0 saturated carbocycles. The fourth-order valence-corrected chi connectivity index (χ4v) is 4.02. The van der Waals surface area contributed by atoms with Crippen molar-refractivity contribution in [2.45, 2.75) is 39.0 Å². The molecule has 0 aliphatic carbocycles. The van der Waals surface area contributed by atoms with Crippen molar-refractivity contribution in [2.75, 3.05) is 19.7 Å². The van der Waals surface area contributed by atoms with Crippen molar-refractivity contribution in [3.63, 3.8) is 0 Å². The van der Waals surface area contributed by atoms with Gasteiger partial charge in [-0.15, -0.1) is 0 Å². The van der Waals surface area contributed by atoms with Crippen LogP contribution in [0.5, 0.6) is 5.75 Å². The minimum Gasteiger partial charge on any atom is -0.483 e. The van der Waals surface area contributed by atoms with Crippen LogP contribution in [0.25, 0.3) is 0 Å². The van der Waals surface area contributed by atoms with E-state index in [0.29, 0.717) is 36.0 Å². The normalized spacial score (nSPS) is 18.9. The van der Waals surface area contributed by atoms with Gasteiger partial charge in [-0.05, 0) is 49.7 Å². The standard InChI is InChI=1S/C23H28ClFN4O3/c1-15-12-29(16(2)11-28(15)13-17-3-6-20(25)7-4-17)22(30)14-32-21-8-5-19(24)9-18(21)10-27-23(26)31/h3-9,15-16H,10-14H2,1-2H3,(H3,26,27,31)/t15-,16+/m1/s1. The molecule has 2 atom stereocenters. The Bertz CT molecular complexity index is 957. The van der Waals surface area contributed by atoms with Crippen LogP contribution < -0.4 is 15.8 Å². The van der Waals surface area contributed by atoms with Crippen LogP contribution in [0.1, 0.15) is 25.0 Å². The van der Waals surface area contributed by atoms with Gasteiger partial charge in [0, 0.05) is 48.8 Å². The molecule has 3 rings (SSSR count). The van der Waals surface area contributed by atoms with Gasteiger partial charge in [-0.3, -0.25) is 9.69 Å². The van der Waals surface area contributed by atoms with Gasteiger partial charge in [0.1, 0.15) is 11.6 Å². The molecule has 0 unspecified atom stereocenters. The maximum absolute atomic E-state index is 13.2. The highest BCUT2D eigenvalue weighted by molar-refractivity contribution is 6.30. The summed E-state index contributed by atoms with van der Waals surface area (Å²) in [5.41, 5.74) is 6.81. The summed E-state index contributed by atoms with van der Waals surface area (Å²) in [6.45, 7) is 6.08. The third-order valence-corrected chi connectivity index (χ3v) is 5.80. The maximum Gasteiger partial charge on any atom is 0.312 e. The van der Waals surface area contributed by atoms with Crippen LogP contribution in [0, 0.1) is 5.82 Å². The Hall–Kier alpha value is -2.84. The van der Waals surface area contributed by atoms with Crippen LogP contribution in [-0.4, -0.2) is 53.5 Å². The second-order valence-corrected chi connectivity index (χ2v) is 8.50. The molecule has 0 aromatic heterocycles. The largest absolute Gasteiger partial charge is 0.483 e. The summed E-state index contributed by atoms with van der Waals surface area (Å²) in [6.07, 6.45) is 0. The lowest BCUT2D eigenvalue weighted by Crippen LogP contribution is -2.58. The van der Waals surface area contributed by atoms with E-state index in [1.54, 1.807) is 30.3 Å². The maximum atomic E-state index is 13.2. The van der Waals surface area contributed by atoms with E-state index in [2.05, 4.69) is 17.1 Å². The highest BCUT2D eigenvalue weighted by Crippen LogP contribution is 2.24. The van der Waals surface area contributed by atoms with Gasteiger partial charge in [0.05, 0.1) is 0 Å². The first-order chi connectivity index (χ1) is 15.2. The highest BCUT2D eigenvalue weighted by atomic mass is 35.5. The van der Waals surface area contributed by atoms with Crippen molar-refractivity contribution in [1.29, 1.82) is 0 Å². The number of amides is 3. The summed E-state index contributed by atoms with van der Waals surface area (Å²) in [6, 6.07) is 11.0. The summed E-state index contributed by atoms with van der Waals surface area (Å²) >= 11 is 6.03. The quantitative estimate of drug-likeness (QED) is 0.661. The number of benzene rings is 2. The van der Waals surface area contributed by atoms with Crippen molar-refractivity contribution in [1.82, 2.24) is 15.1 Å². The average Bonchev–Trinajstić information content (AvgIpc) is 2.75. The number of nitrogens with two attached hydrogens (primary N) is 1. The number of carbonyl (C=O) groups is 2. The molecule has 172 valence electrons. The van der Waals surface area contributed by atoms with Crippen LogP contribution >= 0.6 is 11.6 Å². The Morgan fingerprint density at radius 1 is 1.16 bits per heavy atom. The Kier molecular flexibility index (Phi) is 7.93. The smallest absolute Gasteiger partial charge is 0.312 e. The monoisotopic (exact) mass is 462 g/mol. The lowest BCUT2D eigenvalue weighted by Gasteiger charge is -2.44. The predicted molar refractivity (Wildman–Crippen MR) is 121 cm³/mol. The first kappa shape index (κ1) is 23.8. The zero-order valence-corrected chi connectivity index (χ0v) is 18.9. The molecule has 2 aromatic rings. The molecule has 1 heterocycles. The second-order valence-electron chi connectivity index (χ2n) is 8.06. The van der Waals surface area contributed by atoms with E-state index < -0.39 is 6.03 Å². The Balaban J connectivity index is 1.58. The number of piperazine rings is 1. The number of hydrogen-bond acceptors (Lipinski definition) is 4. The van der Waals surface area contributed by atoms with Crippen molar-refractivity contribution in [2.24, 2.45) is 5.73 Å². The Labute approximate surface area is 192 Å². The number of halogens is 2. The molecule has 32 heavy (non-hydrogen) atoms. The summed E-state index contributed by atoms with van der Waals surface area (Å²) in [5, 5.41) is 2.99. The lowest BCUT2D eigenvalue weighted by atomic mass is 10.1. The van der Waals surface area contributed by atoms with Crippen LogP contribution in [0.15, 0.2) is 42.5 Å². The second kappa shape index (κ2) is 10.7. The molecule has 0 bridgehead atoms. The van der Waals surface area contributed by atoms with Gasteiger partial charge in [-0.1, -0.05) is 23.7 Å². The summed E-state index contributed by atoms with van der Waals surface area (Å²) < 4.78 is 18.9. The topological polar surface area (TPSA) is 87.9 Å². The van der Waals surface area contributed by atoms with Crippen molar-refractivity contribution in [3.8, 4) is 5.75 Å². The number of rotatable bonds is 7. The fraction of sp³-hybridized carbons (Fsp3) is 0.391. The van der Waals surface area contributed by atoms with Gasteiger partial charge in [-0.25, -0.2) is 9.18 Å². The van der Waals surface area contributed by atoms with Crippen LogP contribution in [0.4, 0.5) is 9.18 Å². The summed E-state index contributed by atoms with van der Waals surface area (Å²) in [7, 11) is 0. The molecule has 1 fully saturated rings. The van der Waals surface area contributed by atoms with E-state index in [-0.39, 0.29) is 37.0 Å². The molecule has 1 aliphatic rings. The number of hydrogen-bond donors (Lipinski definition) is 2. The third kappa shape index (κ3) is 6.34. The van der Waals surface area contributed by atoms with E-state index in [9.17, 15) is 14.0 Å². The average molecular weight is 463 g/mol. The molecular weight excluding hydrogens is 435 g/mol. The molecule has 0 spiro atoms. The first-order valence-corrected chi connectivity index (χ1v) is 10.8. The molecule has 0 radical (unpaired) electrons. The van der Waals surface area contributed by atoms with E-state index in [4.69, 9.17) is 22.1 Å². The lowest BCUT2D eigenvalue weighted by molar-refractivity contribution is -0.139. The molecule has 9 heteroatoms. The van der Waals surface area contributed by atoms with Crippen molar-refractivity contribution >= 4 is 23.5 Å². The van der Waals surface area contributed by atoms with E-state index >= 15 is 0 Å². The van der Waals surface area contributed by atoms with E-state index in [0.717, 1.165) is 5.56 Å².